The SMILES string of the molecule is C#CC1(O)CC(C)(CC)C2C3C4C[C@H]4C4(O)CC(=O)CCC4(C)C3CCC21C. The van der Waals surface area contributed by atoms with Crippen molar-refractivity contribution < 1.29 is 15.0 Å². The minimum absolute atomic E-state index is 0.0304. The predicted molar refractivity (Wildman–Crippen MR) is 108 cm³/mol. The van der Waals surface area contributed by atoms with Crippen LogP contribution >= 0.6 is 0 Å². The van der Waals surface area contributed by atoms with Crippen LogP contribution in [0.3, 0.4) is 0 Å². The van der Waals surface area contributed by atoms with Crippen LogP contribution in [0.25, 0.3) is 0 Å². The van der Waals surface area contributed by atoms with Gasteiger partial charge in [-0.05, 0) is 67.1 Å². The molecule has 5 aliphatic rings. The Morgan fingerprint density at radius 1 is 1.14 bits per heavy atom. The Labute approximate surface area is 169 Å². The molecule has 0 bridgehead atoms. The van der Waals surface area contributed by atoms with Gasteiger partial charge in [-0.15, -0.1) is 6.42 Å². The molecule has 0 aliphatic heterocycles. The van der Waals surface area contributed by atoms with Gasteiger partial charge in [0.1, 0.15) is 11.4 Å². The van der Waals surface area contributed by atoms with Crippen LogP contribution in [0, 0.1) is 58.2 Å². The molecule has 0 aromatic rings. The van der Waals surface area contributed by atoms with E-state index >= 15 is 0 Å². The minimum atomic E-state index is -1.03. The lowest BCUT2D eigenvalue weighted by Crippen LogP contribution is -2.65. The molecule has 154 valence electrons. The maximum Gasteiger partial charge on any atom is 0.135 e. The lowest BCUT2D eigenvalue weighted by molar-refractivity contribution is -0.220. The summed E-state index contributed by atoms with van der Waals surface area (Å²) in [5.74, 6) is 5.15. The monoisotopic (exact) mass is 384 g/mol. The van der Waals surface area contributed by atoms with Crippen molar-refractivity contribution in [1.82, 2.24) is 0 Å². The maximum atomic E-state index is 12.3. The van der Waals surface area contributed by atoms with Gasteiger partial charge in [-0.1, -0.05) is 40.0 Å². The molecule has 3 heteroatoms. The molecule has 5 aliphatic carbocycles. The van der Waals surface area contributed by atoms with E-state index in [1.165, 1.54) is 0 Å². The second-order valence-corrected chi connectivity index (χ2v) is 11.9. The molecule has 2 N–H and O–H groups in total. The van der Waals surface area contributed by atoms with Crippen LogP contribution in [0.15, 0.2) is 0 Å². The third kappa shape index (κ3) is 1.89. The number of rotatable bonds is 1. The molecule has 0 saturated heterocycles. The van der Waals surface area contributed by atoms with E-state index in [0.29, 0.717) is 42.9 Å². The molecule has 0 aromatic heterocycles. The second-order valence-electron chi connectivity index (χ2n) is 11.9. The Bertz CT molecular complexity index is 783. The maximum absolute atomic E-state index is 12.3. The van der Waals surface area contributed by atoms with Gasteiger partial charge in [-0.2, -0.15) is 0 Å². The lowest BCUT2D eigenvalue weighted by Gasteiger charge is -2.64. The van der Waals surface area contributed by atoms with Crippen LogP contribution in [-0.4, -0.2) is 27.2 Å². The van der Waals surface area contributed by atoms with E-state index in [4.69, 9.17) is 6.42 Å². The number of carbonyl (C=O) groups excluding carboxylic acids is 1. The van der Waals surface area contributed by atoms with Crippen molar-refractivity contribution in [2.75, 3.05) is 0 Å². The Kier molecular flexibility index (Phi) is 3.58. The quantitative estimate of drug-likeness (QED) is 0.673. The fraction of sp³-hybridized carbons (Fsp3) is 0.880. The lowest BCUT2D eigenvalue weighted by atomic mass is 9.41. The number of fused-ring (bicyclic) bond motifs is 8. The van der Waals surface area contributed by atoms with Crippen molar-refractivity contribution in [3.63, 3.8) is 0 Å². The van der Waals surface area contributed by atoms with Gasteiger partial charge in [0.15, 0.2) is 0 Å². The van der Waals surface area contributed by atoms with Crippen molar-refractivity contribution in [3.8, 4) is 12.3 Å². The summed E-state index contributed by atoms with van der Waals surface area (Å²) >= 11 is 0. The van der Waals surface area contributed by atoms with Crippen LogP contribution in [0.2, 0.25) is 0 Å². The van der Waals surface area contributed by atoms with Crippen LogP contribution in [0.5, 0.6) is 0 Å². The molecule has 28 heavy (non-hydrogen) atoms. The topological polar surface area (TPSA) is 57.5 Å². The first kappa shape index (κ1) is 19.1. The highest BCUT2D eigenvalue weighted by molar-refractivity contribution is 5.81. The van der Waals surface area contributed by atoms with Gasteiger partial charge in [0.05, 0.1) is 5.60 Å². The van der Waals surface area contributed by atoms with Crippen LogP contribution in [0.1, 0.15) is 79.1 Å². The highest BCUT2D eigenvalue weighted by atomic mass is 16.3. The Morgan fingerprint density at radius 3 is 2.50 bits per heavy atom. The molecular formula is C25H36O3. The number of hydrogen-bond acceptors (Lipinski definition) is 3. The molecule has 5 rings (SSSR count). The molecular weight excluding hydrogens is 348 g/mol. The second kappa shape index (κ2) is 5.25. The van der Waals surface area contributed by atoms with Gasteiger partial charge >= 0.3 is 0 Å². The average Bonchev–Trinajstić information content (AvgIpc) is 3.42. The smallest absolute Gasteiger partial charge is 0.135 e. The van der Waals surface area contributed by atoms with Crippen LogP contribution < -0.4 is 0 Å². The minimum Gasteiger partial charge on any atom is -0.389 e. The summed E-state index contributed by atoms with van der Waals surface area (Å²) in [7, 11) is 0. The largest absolute Gasteiger partial charge is 0.389 e. The number of terminal acetylenes is 1. The van der Waals surface area contributed by atoms with Crippen molar-refractivity contribution >= 4 is 5.78 Å². The first-order chi connectivity index (χ1) is 13.0. The van der Waals surface area contributed by atoms with Crippen molar-refractivity contribution in [2.24, 2.45) is 45.8 Å². The highest BCUT2D eigenvalue weighted by Crippen LogP contribution is 2.79. The van der Waals surface area contributed by atoms with Gasteiger partial charge < -0.3 is 10.2 Å². The summed E-state index contributed by atoms with van der Waals surface area (Å²) in [4.78, 5) is 12.3. The highest BCUT2D eigenvalue weighted by Gasteiger charge is 2.78. The first-order valence-corrected chi connectivity index (χ1v) is 11.4. The normalized spacial score (nSPS) is 62.2. The van der Waals surface area contributed by atoms with E-state index in [2.05, 4.69) is 33.6 Å². The zero-order chi connectivity index (χ0) is 20.3. The summed E-state index contributed by atoms with van der Waals surface area (Å²) in [5.41, 5.74) is -2.25. The van der Waals surface area contributed by atoms with Gasteiger partial charge in [0, 0.05) is 23.7 Å². The third-order valence-corrected chi connectivity index (χ3v) is 11.1. The molecule has 0 spiro atoms. The molecule has 9 unspecified atom stereocenters. The Morgan fingerprint density at radius 2 is 1.86 bits per heavy atom. The van der Waals surface area contributed by atoms with E-state index in [1.54, 1.807) is 0 Å². The van der Waals surface area contributed by atoms with Crippen LogP contribution in [0.4, 0.5) is 0 Å². The molecule has 0 amide bonds. The first-order valence-electron chi connectivity index (χ1n) is 11.4. The molecule has 5 fully saturated rings. The van der Waals surface area contributed by atoms with E-state index in [1.807, 2.05) is 0 Å². The van der Waals surface area contributed by atoms with Crippen LogP contribution in [-0.2, 0) is 4.79 Å². The number of Topliss-reactive ketones (excluding diaryl/α,β-unsaturated/α-hetero) is 1. The fourth-order valence-corrected chi connectivity index (χ4v) is 9.36. The van der Waals surface area contributed by atoms with Crippen molar-refractivity contribution in [2.45, 2.75) is 90.3 Å². The fourth-order valence-electron chi connectivity index (χ4n) is 9.36. The number of aliphatic hydroxyl groups is 2. The average molecular weight is 385 g/mol. The zero-order valence-electron chi connectivity index (χ0n) is 17.9. The van der Waals surface area contributed by atoms with E-state index < -0.39 is 11.2 Å². The summed E-state index contributed by atoms with van der Waals surface area (Å²) in [6.07, 6.45) is 12.4. The molecule has 0 aromatic carbocycles. The summed E-state index contributed by atoms with van der Waals surface area (Å²) in [5, 5.41) is 23.4. The summed E-state index contributed by atoms with van der Waals surface area (Å²) in [6.45, 7) is 9.12. The molecule has 0 radical (unpaired) electrons. The molecule has 3 nitrogen and oxygen atoms in total. The molecule has 5 saturated carbocycles. The van der Waals surface area contributed by atoms with Gasteiger partial charge in [0.2, 0.25) is 0 Å². The number of carbonyl (C=O) groups is 1. The van der Waals surface area contributed by atoms with E-state index in [0.717, 1.165) is 32.1 Å². The van der Waals surface area contributed by atoms with Crippen molar-refractivity contribution in [1.29, 1.82) is 0 Å². The Hall–Kier alpha value is -0.850. The van der Waals surface area contributed by atoms with Crippen molar-refractivity contribution in [3.05, 3.63) is 0 Å². The van der Waals surface area contributed by atoms with Gasteiger partial charge in [0.25, 0.3) is 0 Å². The molecule has 10 atom stereocenters. The zero-order valence-corrected chi connectivity index (χ0v) is 17.9. The summed E-state index contributed by atoms with van der Waals surface area (Å²) in [6, 6.07) is 0. The number of hydrogen-bond donors (Lipinski definition) is 2. The van der Waals surface area contributed by atoms with Gasteiger partial charge in [-0.25, -0.2) is 0 Å². The number of ketones is 1. The van der Waals surface area contributed by atoms with E-state index in [9.17, 15) is 15.0 Å². The molecule has 0 heterocycles. The van der Waals surface area contributed by atoms with Gasteiger partial charge in [-0.3, -0.25) is 4.79 Å². The predicted octanol–water partition coefficient (Wildman–Crippen LogP) is 3.96. The Balaban J connectivity index is 1.63. The standard InChI is InChI=1S/C25H36O3/c1-6-21(3)14-24(27,7-2)23(5)11-9-17-19(20(21)23)16-12-18(16)25(28)13-15(26)8-10-22(17,25)4/h2,16-20,27-28H,6,8-14H2,1,3-5H3/t16?,17?,18-,19?,20?,21?,22?,23?,24?,25?/m1/s1. The van der Waals surface area contributed by atoms with E-state index in [-0.39, 0.29) is 27.9 Å². The summed E-state index contributed by atoms with van der Waals surface area (Å²) < 4.78 is 0. The third-order valence-electron chi connectivity index (χ3n) is 11.1.